The molecule has 0 aliphatic carbocycles. The average molecular weight is 449 g/mol. The minimum atomic E-state index is -1.21. The minimum Gasteiger partial charge on any atom is -0.481 e. The predicted octanol–water partition coefficient (Wildman–Crippen LogP) is 4.38. The Labute approximate surface area is 190 Å². The molecule has 1 fully saturated rings. The molecule has 32 heavy (non-hydrogen) atoms. The lowest BCUT2D eigenvalue weighted by Crippen LogP contribution is -2.60. The van der Waals surface area contributed by atoms with Gasteiger partial charge in [-0.25, -0.2) is 9.59 Å². The number of amides is 2. The van der Waals surface area contributed by atoms with E-state index in [1.54, 1.807) is 32.6 Å². The van der Waals surface area contributed by atoms with Crippen molar-refractivity contribution in [1.29, 1.82) is 0 Å². The Morgan fingerprint density at radius 3 is 2.38 bits per heavy atom. The zero-order valence-electron chi connectivity index (χ0n) is 20.0. The molecule has 0 unspecified atom stereocenters. The van der Waals surface area contributed by atoms with Crippen LogP contribution >= 0.6 is 0 Å². The highest BCUT2D eigenvalue weighted by Crippen LogP contribution is 2.34. The standard InChI is InChI=1S/C24H36N2O6/c1-17(2)13-26(22(30)31-15-18-10-8-7-9-11-18)19-12-24(6,20(27)28)16-25(14-19)21(29)32-23(3,4)5/h7-11,17,19H,12-16H2,1-6H3,(H,27,28)/t19-,24+/m0/s1. The molecule has 1 aliphatic heterocycles. The molecule has 0 saturated carbocycles. The van der Waals surface area contributed by atoms with E-state index < -0.39 is 35.2 Å². The maximum absolute atomic E-state index is 13.1. The number of hydrogen-bond donors (Lipinski definition) is 1. The molecule has 8 heteroatoms. The van der Waals surface area contributed by atoms with Crippen LogP contribution in [0.5, 0.6) is 0 Å². The molecule has 0 radical (unpaired) electrons. The summed E-state index contributed by atoms with van der Waals surface area (Å²) in [5, 5.41) is 9.89. The van der Waals surface area contributed by atoms with Crippen molar-refractivity contribution >= 4 is 18.2 Å². The van der Waals surface area contributed by atoms with Crippen LogP contribution < -0.4 is 0 Å². The van der Waals surface area contributed by atoms with Gasteiger partial charge in [-0.2, -0.15) is 0 Å². The number of benzene rings is 1. The van der Waals surface area contributed by atoms with E-state index in [4.69, 9.17) is 9.47 Å². The Morgan fingerprint density at radius 1 is 1.22 bits per heavy atom. The third-order valence-electron chi connectivity index (χ3n) is 5.27. The van der Waals surface area contributed by atoms with Crippen LogP contribution in [0.1, 0.15) is 53.5 Å². The van der Waals surface area contributed by atoms with Crippen LogP contribution in [0.15, 0.2) is 30.3 Å². The lowest BCUT2D eigenvalue weighted by Gasteiger charge is -2.45. The second kappa shape index (κ2) is 10.2. The van der Waals surface area contributed by atoms with Gasteiger partial charge >= 0.3 is 18.2 Å². The lowest BCUT2D eigenvalue weighted by molar-refractivity contribution is -0.152. The molecule has 2 rings (SSSR count). The monoisotopic (exact) mass is 448 g/mol. The van der Waals surface area contributed by atoms with E-state index in [0.717, 1.165) is 5.56 Å². The van der Waals surface area contributed by atoms with Crippen LogP contribution in [-0.4, -0.2) is 64.3 Å². The third kappa shape index (κ3) is 7.14. The van der Waals surface area contributed by atoms with Gasteiger partial charge in [0.1, 0.15) is 12.2 Å². The molecule has 2 amide bonds. The number of ether oxygens (including phenoxy) is 2. The first-order valence-electron chi connectivity index (χ1n) is 11.0. The van der Waals surface area contributed by atoms with E-state index in [1.807, 2.05) is 44.2 Å². The smallest absolute Gasteiger partial charge is 0.410 e. The fourth-order valence-corrected chi connectivity index (χ4v) is 3.79. The van der Waals surface area contributed by atoms with Crippen LogP contribution in [0.25, 0.3) is 0 Å². The van der Waals surface area contributed by atoms with Gasteiger partial charge in [0.25, 0.3) is 0 Å². The van der Waals surface area contributed by atoms with Crippen LogP contribution in [-0.2, 0) is 20.9 Å². The molecule has 0 spiro atoms. The third-order valence-corrected chi connectivity index (χ3v) is 5.27. The summed E-state index contributed by atoms with van der Waals surface area (Å²) in [6.45, 7) is 11.5. The summed E-state index contributed by atoms with van der Waals surface area (Å²) >= 11 is 0. The molecule has 8 nitrogen and oxygen atoms in total. The summed E-state index contributed by atoms with van der Waals surface area (Å²) in [7, 11) is 0. The molecule has 1 saturated heterocycles. The van der Waals surface area contributed by atoms with Crippen LogP contribution in [0.4, 0.5) is 9.59 Å². The lowest BCUT2D eigenvalue weighted by atomic mass is 9.79. The Morgan fingerprint density at radius 2 is 1.84 bits per heavy atom. The Bertz CT molecular complexity index is 804. The topological polar surface area (TPSA) is 96.4 Å². The Kier molecular flexibility index (Phi) is 8.15. The number of hydrogen-bond acceptors (Lipinski definition) is 5. The van der Waals surface area contributed by atoms with E-state index in [0.29, 0.717) is 6.54 Å². The molecule has 2 atom stereocenters. The van der Waals surface area contributed by atoms with Gasteiger partial charge in [-0.3, -0.25) is 4.79 Å². The van der Waals surface area contributed by atoms with Crippen molar-refractivity contribution < 1.29 is 29.0 Å². The maximum Gasteiger partial charge on any atom is 0.410 e. The first-order chi connectivity index (χ1) is 14.8. The van der Waals surface area contributed by atoms with Gasteiger partial charge in [0, 0.05) is 19.6 Å². The quantitative estimate of drug-likeness (QED) is 0.694. The molecular weight excluding hydrogens is 412 g/mol. The van der Waals surface area contributed by atoms with Crippen molar-refractivity contribution in [3.8, 4) is 0 Å². The molecular formula is C24H36N2O6. The SMILES string of the molecule is CC(C)CN(C(=O)OCc1ccccc1)[C@@H]1CN(C(=O)OC(C)(C)C)C[C@](C)(C(=O)O)C1. The number of rotatable bonds is 6. The number of aliphatic carboxylic acids is 1. The molecule has 0 bridgehead atoms. The van der Waals surface area contributed by atoms with Crippen molar-refractivity contribution in [2.24, 2.45) is 11.3 Å². The Balaban J connectivity index is 2.25. The summed E-state index contributed by atoms with van der Waals surface area (Å²) in [4.78, 5) is 40.9. The number of carbonyl (C=O) groups excluding carboxylic acids is 2. The molecule has 0 aromatic heterocycles. The molecule has 1 aromatic carbocycles. The van der Waals surface area contributed by atoms with Crippen molar-refractivity contribution in [2.75, 3.05) is 19.6 Å². The number of likely N-dealkylation sites (tertiary alicyclic amines) is 1. The van der Waals surface area contributed by atoms with Gasteiger partial charge in [-0.05, 0) is 45.6 Å². The van der Waals surface area contributed by atoms with Gasteiger partial charge in [0.2, 0.25) is 0 Å². The van der Waals surface area contributed by atoms with E-state index in [2.05, 4.69) is 0 Å². The number of piperidine rings is 1. The zero-order chi connectivity index (χ0) is 24.1. The largest absolute Gasteiger partial charge is 0.481 e. The van der Waals surface area contributed by atoms with Crippen molar-refractivity contribution in [3.63, 3.8) is 0 Å². The van der Waals surface area contributed by atoms with Crippen molar-refractivity contribution in [1.82, 2.24) is 9.80 Å². The predicted molar refractivity (Wildman–Crippen MR) is 120 cm³/mol. The molecule has 1 aromatic rings. The van der Waals surface area contributed by atoms with Gasteiger partial charge in [-0.1, -0.05) is 44.2 Å². The number of carboxylic acid groups (broad SMARTS) is 1. The van der Waals surface area contributed by atoms with Crippen molar-refractivity contribution in [2.45, 2.75) is 66.2 Å². The first kappa shape index (κ1) is 25.5. The average Bonchev–Trinajstić information content (AvgIpc) is 2.69. The molecule has 1 heterocycles. The highest BCUT2D eigenvalue weighted by atomic mass is 16.6. The first-order valence-corrected chi connectivity index (χ1v) is 11.0. The fourth-order valence-electron chi connectivity index (χ4n) is 3.79. The summed E-state index contributed by atoms with van der Waals surface area (Å²) in [5.74, 6) is -0.884. The van der Waals surface area contributed by atoms with Crippen molar-refractivity contribution in [3.05, 3.63) is 35.9 Å². The van der Waals surface area contributed by atoms with E-state index in [1.165, 1.54) is 4.90 Å². The zero-order valence-corrected chi connectivity index (χ0v) is 20.0. The van der Waals surface area contributed by atoms with Crippen LogP contribution in [0, 0.1) is 11.3 Å². The maximum atomic E-state index is 13.1. The van der Waals surface area contributed by atoms with Gasteiger partial charge in [0.15, 0.2) is 0 Å². The van der Waals surface area contributed by atoms with Gasteiger partial charge in [-0.15, -0.1) is 0 Å². The van der Waals surface area contributed by atoms with E-state index >= 15 is 0 Å². The summed E-state index contributed by atoms with van der Waals surface area (Å²) in [6.07, 6.45) is -0.891. The number of carbonyl (C=O) groups is 3. The Hall–Kier alpha value is -2.77. The van der Waals surface area contributed by atoms with E-state index in [9.17, 15) is 19.5 Å². The highest BCUT2D eigenvalue weighted by Gasteiger charge is 2.47. The summed E-state index contributed by atoms with van der Waals surface area (Å²) < 4.78 is 11.0. The summed E-state index contributed by atoms with van der Waals surface area (Å²) in [5.41, 5.74) is -1.07. The number of carboxylic acids is 1. The highest BCUT2D eigenvalue weighted by molar-refractivity contribution is 5.77. The summed E-state index contributed by atoms with van der Waals surface area (Å²) in [6, 6.07) is 8.85. The normalized spacial score (nSPS) is 21.2. The number of nitrogens with zero attached hydrogens (tertiary/aromatic N) is 2. The van der Waals surface area contributed by atoms with Crippen LogP contribution in [0.3, 0.4) is 0 Å². The van der Waals surface area contributed by atoms with Gasteiger partial charge < -0.3 is 24.4 Å². The second-order valence-electron chi connectivity index (χ2n) is 10.2. The van der Waals surface area contributed by atoms with Crippen LogP contribution in [0.2, 0.25) is 0 Å². The fraction of sp³-hybridized carbons (Fsp3) is 0.625. The second-order valence-corrected chi connectivity index (χ2v) is 10.2. The minimum absolute atomic E-state index is 0.0162. The molecule has 178 valence electrons. The molecule has 1 aliphatic rings. The van der Waals surface area contributed by atoms with Gasteiger partial charge in [0.05, 0.1) is 11.5 Å². The van der Waals surface area contributed by atoms with E-state index in [-0.39, 0.29) is 32.0 Å². The molecule has 1 N–H and O–H groups in total.